The van der Waals surface area contributed by atoms with Gasteiger partial charge < -0.3 is 5.32 Å². The van der Waals surface area contributed by atoms with Crippen molar-refractivity contribution in [2.75, 3.05) is 25.1 Å². The van der Waals surface area contributed by atoms with Gasteiger partial charge in [-0.2, -0.15) is 11.8 Å². The fourth-order valence-electron chi connectivity index (χ4n) is 1.91. The summed E-state index contributed by atoms with van der Waals surface area (Å²) in [5, 5.41) is 3.24. The zero-order valence-corrected chi connectivity index (χ0v) is 14.7. The molecule has 0 heterocycles. The predicted octanol–water partition coefficient (Wildman–Crippen LogP) is 2.21. The van der Waals surface area contributed by atoms with Crippen molar-refractivity contribution in [2.24, 2.45) is 5.92 Å². The van der Waals surface area contributed by atoms with Crippen LogP contribution in [0.15, 0.2) is 24.3 Å². The van der Waals surface area contributed by atoms with E-state index in [1.165, 1.54) is 5.56 Å². The summed E-state index contributed by atoms with van der Waals surface area (Å²) in [7, 11) is -3.25. The Morgan fingerprint density at radius 1 is 1.19 bits per heavy atom. The topological polar surface area (TPSA) is 58.2 Å². The second-order valence-corrected chi connectivity index (χ2v) is 7.98. The number of hydrogen-bond donors (Lipinski definition) is 2. The highest BCUT2D eigenvalue weighted by Crippen LogP contribution is 2.09. The van der Waals surface area contributed by atoms with Gasteiger partial charge in [0.2, 0.25) is 10.0 Å². The zero-order chi connectivity index (χ0) is 15.7. The lowest BCUT2D eigenvalue weighted by Crippen LogP contribution is -2.30. The van der Waals surface area contributed by atoms with Gasteiger partial charge in [0, 0.05) is 13.1 Å². The summed E-state index contributed by atoms with van der Waals surface area (Å²) in [6.07, 6.45) is 2.03. The normalized spacial score (nSPS) is 13.3. The summed E-state index contributed by atoms with van der Waals surface area (Å²) in [5.41, 5.74) is 1.99. The van der Waals surface area contributed by atoms with Crippen LogP contribution >= 0.6 is 11.8 Å². The number of benzene rings is 1. The first-order valence-electron chi connectivity index (χ1n) is 7.21. The predicted molar refractivity (Wildman–Crippen MR) is 92.0 cm³/mol. The van der Waals surface area contributed by atoms with Crippen molar-refractivity contribution in [2.45, 2.75) is 26.1 Å². The molecule has 0 amide bonds. The monoisotopic (exact) mass is 330 g/mol. The van der Waals surface area contributed by atoms with Crippen LogP contribution in [0.2, 0.25) is 0 Å². The average molecular weight is 331 g/mol. The Morgan fingerprint density at radius 3 is 2.38 bits per heavy atom. The Hall–Kier alpha value is -0.560. The molecule has 6 heteroatoms. The zero-order valence-electron chi connectivity index (χ0n) is 13.1. The Labute approximate surface area is 133 Å². The van der Waals surface area contributed by atoms with Crippen LogP contribution in [0.3, 0.4) is 0 Å². The highest BCUT2D eigenvalue weighted by atomic mass is 32.2. The van der Waals surface area contributed by atoms with E-state index in [1.807, 2.05) is 30.5 Å². The molecule has 0 bridgehead atoms. The quantitative estimate of drug-likeness (QED) is 0.691. The molecule has 120 valence electrons. The molecule has 1 aromatic rings. The Bertz CT molecular complexity index is 501. The summed E-state index contributed by atoms with van der Waals surface area (Å²) >= 11 is 1.73. The van der Waals surface area contributed by atoms with Crippen LogP contribution < -0.4 is 10.0 Å². The fraction of sp³-hybridized carbons (Fsp3) is 0.600. The maximum absolute atomic E-state index is 12.0. The van der Waals surface area contributed by atoms with Gasteiger partial charge in [0.15, 0.2) is 0 Å². The molecule has 1 unspecified atom stereocenters. The molecule has 0 fully saturated rings. The molecule has 0 saturated heterocycles. The molecule has 21 heavy (non-hydrogen) atoms. The second kappa shape index (κ2) is 9.46. The minimum atomic E-state index is -3.25. The van der Waals surface area contributed by atoms with Gasteiger partial charge in [0.25, 0.3) is 0 Å². The van der Waals surface area contributed by atoms with Gasteiger partial charge in [-0.3, -0.25) is 0 Å². The highest BCUT2D eigenvalue weighted by Gasteiger charge is 2.13. The molecular formula is C15H26N2O2S2. The van der Waals surface area contributed by atoms with Gasteiger partial charge in [0.05, 0.1) is 5.75 Å². The van der Waals surface area contributed by atoms with E-state index in [0.717, 1.165) is 24.4 Å². The van der Waals surface area contributed by atoms with E-state index < -0.39 is 10.0 Å². The molecule has 0 aliphatic heterocycles. The van der Waals surface area contributed by atoms with Gasteiger partial charge in [-0.15, -0.1) is 0 Å². The van der Waals surface area contributed by atoms with E-state index in [9.17, 15) is 8.42 Å². The standard InChI is InChI=1S/C15H26N2O2S2/c1-4-16-10-14-5-7-15(8-6-14)12-21(18,19)17-9-13(2)11-20-3/h5-8,13,16-17H,4,9-12H2,1-3H3. The summed E-state index contributed by atoms with van der Waals surface area (Å²) in [4.78, 5) is 0. The third-order valence-electron chi connectivity index (χ3n) is 3.06. The van der Waals surface area contributed by atoms with Crippen LogP contribution in [-0.2, 0) is 22.3 Å². The average Bonchev–Trinajstić information content (AvgIpc) is 2.45. The highest BCUT2D eigenvalue weighted by molar-refractivity contribution is 7.98. The van der Waals surface area contributed by atoms with Crippen molar-refractivity contribution >= 4 is 21.8 Å². The molecule has 0 spiro atoms. The number of nitrogens with one attached hydrogen (secondary N) is 2. The first kappa shape index (κ1) is 18.5. The van der Waals surface area contributed by atoms with Crippen molar-refractivity contribution < 1.29 is 8.42 Å². The Balaban J connectivity index is 2.50. The molecule has 1 rings (SSSR count). The van der Waals surface area contributed by atoms with Gasteiger partial charge in [-0.05, 0) is 35.6 Å². The SMILES string of the molecule is CCNCc1ccc(CS(=O)(=O)NCC(C)CSC)cc1. The molecule has 0 aromatic heterocycles. The number of thioether (sulfide) groups is 1. The fourth-order valence-corrected chi connectivity index (χ4v) is 3.86. The van der Waals surface area contributed by atoms with Crippen molar-refractivity contribution in [1.82, 2.24) is 10.0 Å². The van der Waals surface area contributed by atoms with Gasteiger partial charge in [-0.25, -0.2) is 13.1 Å². The Morgan fingerprint density at radius 2 is 1.81 bits per heavy atom. The smallest absolute Gasteiger partial charge is 0.215 e. The molecule has 0 radical (unpaired) electrons. The summed E-state index contributed by atoms with van der Waals surface area (Å²) < 4.78 is 26.8. The minimum Gasteiger partial charge on any atom is -0.313 e. The summed E-state index contributed by atoms with van der Waals surface area (Å²) in [5.74, 6) is 1.35. The minimum absolute atomic E-state index is 0.0421. The Kier molecular flexibility index (Phi) is 8.33. The van der Waals surface area contributed by atoms with Gasteiger partial charge >= 0.3 is 0 Å². The third kappa shape index (κ3) is 7.85. The van der Waals surface area contributed by atoms with Crippen LogP contribution in [0.1, 0.15) is 25.0 Å². The molecule has 0 aliphatic carbocycles. The van der Waals surface area contributed by atoms with E-state index in [-0.39, 0.29) is 5.75 Å². The largest absolute Gasteiger partial charge is 0.313 e. The van der Waals surface area contributed by atoms with Crippen LogP contribution in [-0.4, -0.2) is 33.5 Å². The van der Waals surface area contributed by atoms with E-state index in [2.05, 4.69) is 23.9 Å². The van der Waals surface area contributed by atoms with Crippen molar-refractivity contribution in [3.8, 4) is 0 Å². The molecule has 1 aromatic carbocycles. The molecule has 0 saturated carbocycles. The molecule has 4 nitrogen and oxygen atoms in total. The van der Waals surface area contributed by atoms with Crippen molar-refractivity contribution in [1.29, 1.82) is 0 Å². The lowest BCUT2D eigenvalue weighted by Gasteiger charge is -2.12. The first-order valence-corrected chi connectivity index (χ1v) is 10.3. The van der Waals surface area contributed by atoms with Crippen LogP contribution in [0.5, 0.6) is 0 Å². The maximum atomic E-state index is 12.0. The van der Waals surface area contributed by atoms with Crippen molar-refractivity contribution in [3.63, 3.8) is 0 Å². The van der Waals surface area contributed by atoms with E-state index in [4.69, 9.17) is 0 Å². The molecule has 1 atom stereocenters. The molecule has 0 aliphatic rings. The third-order valence-corrected chi connectivity index (χ3v) is 5.28. The summed E-state index contributed by atoms with van der Waals surface area (Å²) in [6.45, 7) is 6.35. The first-order chi connectivity index (χ1) is 9.96. The van der Waals surface area contributed by atoms with Gasteiger partial charge in [0.1, 0.15) is 0 Å². The van der Waals surface area contributed by atoms with Gasteiger partial charge in [-0.1, -0.05) is 38.1 Å². The molecule has 2 N–H and O–H groups in total. The van der Waals surface area contributed by atoms with Crippen LogP contribution in [0, 0.1) is 5.92 Å². The van der Waals surface area contributed by atoms with Crippen LogP contribution in [0.25, 0.3) is 0 Å². The van der Waals surface area contributed by atoms with E-state index in [1.54, 1.807) is 11.8 Å². The second-order valence-electron chi connectivity index (χ2n) is 5.26. The lowest BCUT2D eigenvalue weighted by atomic mass is 10.1. The molecular weight excluding hydrogens is 304 g/mol. The number of rotatable bonds is 10. The van der Waals surface area contributed by atoms with E-state index >= 15 is 0 Å². The van der Waals surface area contributed by atoms with E-state index in [0.29, 0.717) is 12.5 Å². The number of sulfonamides is 1. The van der Waals surface area contributed by atoms with Crippen LogP contribution in [0.4, 0.5) is 0 Å². The van der Waals surface area contributed by atoms with Crippen molar-refractivity contribution in [3.05, 3.63) is 35.4 Å². The maximum Gasteiger partial charge on any atom is 0.215 e. The lowest BCUT2D eigenvalue weighted by molar-refractivity contribution is 0.562. The summed E-state index contributed by atoms with van der Waals surface area (Å²) in [6, 6.07) is 7.72. The number of hydrogen-bond acceptors (Lipinski definition) is 4.